The van der Waals surface area contributed by atoms with Crippen LogP contribution < -0.4 is 5.32 Å². The second-order valence-electron chi connectivity index (χ2n) is 4.44. The molecule has 3 atom stereocenters. The van der Waals surface area contributed by atoms with Gasteiger partial charge in [-0.25, -0.2) is 0 Å². The lowest BCUT2D eigenvalue weighted by atomic mass is 9.96. The Labute approximate surface area is 94.7 Å². The zero-order chi connectivity index (χ0) is 11.8. The third-order valence-corrected chi connectivity index (χ3v) is 2.72. The van der Waals surface area contributed by atoms with Crippen LogP contribution in [0.3, 0.4) is 0 Å². The molecule has 90 valence electrons. The monoisotopic (exact) mass is 227 g/mol. The molecule has 0 bridgehead atoms. The Kier molecular flexibility index (Phi) is 3.01. The van der Waals surface area contributed by atoms with E-state index in [9.17, 15) is 4.79 Å². The van der Waals surface area contributed by atoms with E-state index in [2.05, 4.69) is 11.9 Å². The highest BCUT2D eigenvalue weighted by Gasteiger charge is 2.49. The van der Waals surface area contributed by atoms with Crippen LogP contribution in [0.5, 0.6) is 0 Å². The van der Waals surface area contributed by atoms with E-state index in [1.54, 1.807) is 6.08 Å². The summed E-state index contributed by atoms with van der Waals surface area (Å²) in [6, 6.07) is -0.116. The predicted molar refractivity (Wildman–Crippen MR) is 56.8 cm³/mol. The number of hydrogen-bond acceptors (Lipinski definition) is 4. The molecule has 0 aromatic carbocycles. The number of nitrogens with one attached hydrogen (secondary N) is 1. The predicted octanol–water partition coefficient (Wildman–Crippen LogP) is 0.207. The average molecular weight is 227 g/mol. The van der Waals surface area contributed by atoms with Crippen molar-refractivity contribution in [3.8, 4) is 0 Å². The fourth-order valence-corrected chi connectivity index (χ4v) is 1.92. The minimum absolute atomic E-state index is 0.0971. The van der Waals surface area contributed by atoms with Crippen molar-refractivity contribution in [3.63, 3.8) is 0 Å². The third kappa shape index (κ3) is 2.11. The Morgan fingerprint density at radius 1 is 1.69 bits per heavy atom. The average Bonchev–Trinajstić information content (AvgIpc) is 2.55. The molecule has 1 amide bonds. The molecule has 1 N–H and O–H groups in total. The van der Waals surface area contributed by atoms with Crippen molar-refractivity contribution >= 4 is 5.91 Å². The molecule has 2 aliphatic heterocycles. The molecule has 0 aromatic heterocycles. The van der Waals surface area contributed by atoms with Crippen LogP contribution in [0, 0.1) is 0 Å². The molecule has 2 heterocycles. The molecule has 0 aliphatic carbocycles. The summed E-state index contributed by atoms with van der Waals surface area (Å²) in [4.78, 5) is 11.3. The van der Waals surface area contributed by atoms with E-state index in [4.69, 9.17) is 14.2 Å². The van der Waals surface area contributed by atoms with Gasteiger partial charge in [-0.1, -0.05) is 6.08 Å². The number of ether oxygens (including phenoxy) is 3. The number of β-lactam (4-membered cyclic amide) rings is 1. The first-order chi connectivity index (χ1) is 7.53. The number of amides is 1. The summed E-state index contributed by atoms with van der Waals surface area (Å²) in [6.45, 7) is 8.10. The quantitative estimate of drug-likeness (QED) is 0.551. The Bertz CT molecular complexity index is 302. The Morgan fingerprint density at radius 3 is 2.94 bits per heavy atom. The summed E-state index contributed by atoms with van der Waals surface area (Å²) >= 11 is 0. The number of rotatable bonds is 4. The number of carbonyl (C=O) groups is 1. The molecular formula is C11H17NO4. The van der Waals surface area contributed by atoms with Crippen LogP contribution >= 0.6 is 0 Å². The number of hydrogen-bond donors (Lipinski definition) is 1. The van der Waals surface area contributed by atoms with Crippen LogP contribution in [-0.2, 0) is 19.0 Å². The summed E-state index contributed by atoms with van der Waals surface area (Å²) in [5, 5.41) is 2.78. The number of carbonyl (C=O) groups excluding carboxylic acids is 1. The minimum Gasteiger partial charge on any atom is -0.362 e. The zero-order valence-corrected chi connectivity index (χ0v) is 9.56. The Hall–Kier alpha value is -0.910. The molecule has 2 rings (SSSR count). The van der Waals surface area contributed by atoms with Gasteiger partial charge in [-0.2, -0.15) is 0 Å². The van der Waals surface area contributed by atoms with Crippen molar-refractivity contribution in [2.45, 2.75) is 37.9 Å². The van der Waals surface area contributed by atoms with E-state index in [0.29, 0.717) is 13.2 Å². The van der Waals surface area contributed by atoms with Gasteiger partial charge in [0.2, 0.25) is 0 Å². The van der Waals surface area contributed by atoms with Gasteiger partial charge in [-0.05, 0) is 13.8 Å². The van der Waals surface area contributed by atoms with Crippen molar-refractivity contribution in [1.29, 1.82) is 0 Å². The first kappa shape index (κ1) is 11.6. The Balaban J connectivity index is 1.90. The first-order valence-corrected chi connectivity index (χ1v) is 5.38. The molecule has 2 fully saturated rings. The van der Waals surface area contributed by atoms with Crippen LogP contribution in [0.2, 0.25) is 0 Å². The van der Waals surface area contributed by atoms with Crippen LogP contribution in [0.15, 0.2) is 12.7 Å². The maximum atomic E-state index is 11.3. The van der Waals surface area contributed by atoms with Gasteiger partial charge >= 0.3 is 0 Å². The van der Waals surface area contributed by atoms with Gasteiger partial charge < -0.3 is 19.5 Å². The second-order valence-corrected chi connectivity index (χ2v) is 4.44. The summed E-state index contributed by atoms with van der Waals surface area (Å²) in [5.74, 6) is -0.673. The van der Waals surface area contributed by atoms with Gasteiger partial charge in [0.25, 0.3) is 5.91 Å². The fraction of sp³-hybridized carbons (Fsp3) is 0.727. The molecule has 16 heavy (non-hydrogen) atoms. The third-order valence-electron chi connectivity index (χ3n) is 2.72. The van der Waals surface area contributed by atoms with E-state index < -0.39 is 11.9 Å². The molecule has 5 heteroatoms. The van der Waals surface area contributed by atoms with Crippen LogP contribution in [0.4, 0.5) is 0 Å². The van der Waals surface area contributed by atoms with Gasteiger partial charge in [0.1, 0.15) is 6.10 Å². The van der Waals surface area contributed by atoms with Gasteiger partial charge in [-0.3, -0.25) is 4.79 Å². The molecule has 2 saturated heterocycles. The summed E-state index contributed by atoms with van der Waals surface area (Å²) in [6.07, 6.45) is 1.04. The maximum Gasteiger partial charge on any atom is 0.251 e. The lowest BCUT2D eigenvalue weighted by Crippen LogP contribution is -2.68. The van der Waals surface area contributed by atoms with Crippen LogP contribution in [-0.4, -0.2) is 43.2 Å². The molecule has 2 aliphatic rings. The van der Waals surface area contributed by atoms with Gasteiger partial charge in [-0.15, -0.1) is 6.58 Å². The smallest absolute Gasteiger partial charge is 0.251 e. The first-order valence-electron chi connectivity index (χ1n) is 5.38. The van der Waals surface area contributed by atoms with E-state index in [1.807, 2.05) is 13.8 Å². The molecule has 0 unspecified atom stereocenters. The molecular weight excluding hydrogens is 210 g/mol. The topological polar surface area (TPSA) is 56.8 Å². The van der Waals surface area contributed by atoms with Crippen molar-refractivity contribution in [2.24, 2.45) is 0 Å². The van der Waals surface area contributed by atoms with Gasteiger partial charge in [0.05, 0.1) is 19.3 Å². The van der Waals surface area contributed by atoms with E-state index in [1.165, 1.54) is 0 Å². The minimum atomic E-state index is -0.575. The maximum absolute atomic E-state index is 11.3. The standard InChI is InChI=1S/C11H17NO4/c1-4-5-14-9-8(12-10(9)13)7-6-15-11(2,3)16-7/h4,7-9H,1,5-6H2,2-3H3,(H,12,13)/t7-,8+,9-/m1/s1. The highest BCUT2D eigenvalue weighted by molar-refractivity contribution is 5.88. The fourth-order valence-electron chi connectivity index (χ4n) is 1.92. The zero-order valence-electron chi connectivity index (χ0n) is 9.56. The van der Waals surface area contributed by atoms with Crippen LogP contribution in [0.1, 0.15) is 13.8 Å². The molecule has 0 aromatic rings. The molecule has 0 radical (unpaired) electrons. The largest absolute Gasteiger partial charge is 0.362 e. The van der Waals surface area contributed by atoms with Crippen molar-refractivity contribution in [3.05, 3.63) is 12.7 Å². The van der Waals surface area contributed by atoms with Gasteiger partial charge in [0.15, 0.2) is 11.9 Å². The summed E-state index contributed by atoms with van der Waals surface area (Å²) in [5.41, 5.74) is 0. The highest BCUT2D eigenvalue weighted by atomic mass is 16.7. The van der Waals surface area contributed by atoms with Crippen molar-refractivity contribution in [2.75, 3.05) is 13.2 Å². The van der Waals surface area contributed by atoms with Crippen molar-refractivity contribution in [1.82, 2.24) is 5.32 Å². The lowest BCUT2D eigenvalue weighted by Gasteiger charge is -2.39. The second kappa shape index (κ2) is 4.16. The molecule has 0 saturated carbocycles. The summed E-state index contributed by atoms with van der Waals surface area (Å²) in [7, 11) is 0. The Morgan fingerprint density at radius 2 is 2.44 bits per heavy atom. The highest BCUT2D eigenvalue weighted by Crippen LogP contribution is 2.28. The molecule has 5 nitrogen and oxygen atoms in total. The lowest BCUT2D eigenvalue weighted by molar-refractivity contribution is -0.168. The SMILES string of the molecule is C=CCO[C@H]1C(=O)N[C@H]1[C@H]1COC(C)(C)O1. The van der Waals surface area contributed by atoms with Gasteiger partial charge in [0, 0.05) is 0 Å². The van der Waals surface area contributed by atoms with E-state index >= 15 is 0 Å². The van der Waals surface area contributed by atoms with Crippen LogP contribution in [0.25, 0.3) is 0 Å². The van der Waals surface area contributed by atoms with Crippen molar-refractivity contribution < 1.29 is 19.0 Å². The summed E-state index contributed by atoms with van der Waals surface area (Å²) < 4.78 is 16.5. The molecule has 0 spiro atoms. The van der Waals surface area contributed by atoms with E-state index in [-0.39, 0.29) is 18.1 Å². The normalized spacial score (nSPS) is 36.6. The van der Waals surface area contributed by atoms with E-state index in [0.717, 1.165) is 0 Å².